The Balaban J connectivity index is 1.60. The third-order valence-electron chi connectivity index (χ3n) is 4.99. The van der Waals surface area contributed by atoms with Gasteiger partial charge in [0.1, 0.15) is 12.1 Å². The number of carbonyl (C=O) groups excluding carboxylic acids is 1. The highest BCUT2D eigenvalue weighted by molar-refractivity contribution is 6.37. The van der Waals surface area contributed by atoms with Gasteiger partial charge in [-0.25, -0.2) is 19.7 Å². The second-order valence-electron chi connectivity index (χ2n) is 7.08. The number of nitrogens with zero attached hydrogens (tertiary/aromatic N) is 7. The second-order valence-corrected chi connectivity index (χ2v) is 7.90. The summed E-state index contributed by atoms with van der Waals surface area (Å²) in [5.74, 6) is -0.108. The normalized spacial score (nSPS) is 15.4. The molecule has 4 rings (SSSR count). The first-order valence-corrected chi connectivity index (χ1v) is 10.4. The number of benzene rings is 1. The lowest BCUT2D eigenvalue weighted by Crippen LogP contribution is -2.35. The number of hydrogen-bond acceptors (Lipinski definition) is 6. The van der Waals surface area contributed by atoms with Gasteiger partial charge in [0.25, 0.3) is 5.95 Å². The molecule has 3 heterocycles. The lowest BCUT2D eigenvalue weighted by molar-refractivity contribution is -0.253. The van der Waals surface area contributed by atoms with Gasteiger partial charge in [0.15, 0.2) is 5.82 Å². The van der Waals surface area contributed by atoms with Crippen LogP contribution < -0.4 is 9.64 Å². The van der Waals surface area contributed by atoms with Gasteiger partial charge in [-0.2, -0.15) is 27.3 Å². The Bertz CT molecular complexity index is 1200. The summed E-state index contributed by atoms with van der Waals surface area (Å²) in [4.78, 5) is 28.3. The van der Waals surface area contributed by atoms with Gasteiger partial charge in [-0.1, -0.05) is 23.2 Å². The average molecular weight is 520 g/mol. The van der Waals surface area contributed by atoms with Gasteiger partial charge in [-0.05, 0) is 19.1 Å². The van der Waals surface area contributed by atoms with Crippen molar-refractivity contribution in [1.82, 2.24) is 29.6 Å². The fraction of sp³-hybridized carbons (Fsp3) is 0.316. The smallest absolute Gasteiger partial charge is 0.427 e. The molecule has 1 saturated heterocycles. The van der Waals surface area contributed by atoms with Crippen molar-refractivity contribution in [2.24, 2.45) is 0 Å². The van der Waals surface area contributed by atoms with E-state index in [1.54, 1.807) is 13.0 Å². The molecule has 1 unspecified atom stereocenters. The summed E-state index contributed by atoms with van der Waals surface area (Å²) < 4.78 is 57.5. The SMILES string of the molecule is CC(c1ncnn1-c1ncccn1)N1CCN(c2cc(OC(F)(F)C(F)F)c(Cl)cc2Cl)C1=O. The van der Waals surface area contributed by atoms with Gasteiger partial charge in [-0.3, -0.25) is 4.90 Å². The van der Waals surface area contributed by atoms with Crippen molar-refractivity contribution < 1.29 is 27.1 Å². The number of ether oxygens (including phenoxy) is 1. The van der Waals surface area contributed by atoms with Gasteiger partial charge >= 0.3 is 18.6 Å². The van der Waals surface area contributed by atoms with Crippen LogP contribution in [0.2, 0.25) is 10.0 Å². The van der Waals surface area contributed by atoms with Crippen LogP contribution in [0.1, 0.15) is 18.8 Å². The summed E-state index contributed by atoms with van der Waals surface area (Å²) in [6.45, 7) is 2.04. The molecule has 2 aromatic heterocycles. The van der Waals surface area contributed by atoms with E-state index >= 15 is 0 Å². The van der Waals surface area contributed by atoms with Crippen LogP contribution in [0.4, 0.5) is 28.0 Å². The predicted octanol–water partition coefficient (Wildman–Crippen LogP) is 4.60. The first-order chi connectivity index (χ1) is 16.1. The van der Waals surface area contributed by atoms with E-state index in [0.717, 1.165) is 12.1 Å². The quantitative estimate of drug-likeness (QED) is 0.423. The summed E-state index contributed by atoms with van der Waals surface area (Å²) in [5.41, 5.74) is -0.0290. The maximum Gasteiger partial charge on any atom is 0.461 e. The van der Waals surface area contributed by atoms with E-state index in [1.807, 2.05) is 0 Å². The molecule has 15 heteroatoms. The number of amides is 2. The van der Waals surface area contributed by atoms with Gasteiger partial charge in [-0.15, -0.1) is 0 Å². The average Bonchev–Trinajstić information content (AvgIpc) is 3.43. The lowest BCUT2D eigenvalue weighted by atomic mass is 10.2. The maximum atomic E-state index is 13.4. The van der Waals surface area contributed by atoms with Crippen LogP contribution in [0, 0.1) is 0 Å². The molecule has 0 saturated carbocycles. The first kappa shape index (κ1) is 24.0. The Kier molecular flexibility index (Phi) is 6.49. The maximum absolute atomic E-state index is 13.4. The van der Waals surface area contributed by atoms with E-state index in [-0.39, 0.29) is 29.7 Å². The Morgan fingerprint density at radius 3 is 2.47 bits per heavy atom. The lowest BCUT2D eigenvalue weighted by Gasteiger charge is -2.25. The minimum absolute atomic E-state index is 0.0290. The highest BCUT2D eigenvalue weighted by atomic mass is 35.5. The fourth-order valence-electron chi connectivity index (χ4n) is 3.36. The number of halogens is 6. The largest absolute Gasteiger partial charge is 0.461 e. The van der Waals surface area contributed by atoms with Crippen molar-refractivity contribution in [3.63, 3.8) is 0 Å². The molecule has 1 fully saturated rings. The zero-order chi connectivity index (χ0) is 24.6. The monoisotopic (exact) mass is 519 g/mol. The molecule has 9 nitrogen and oxygen atoms in total. The molecule has 2 amide bonds. The van der Waals surface area contributed by atoms with E-state index in [1.165, 1.54) is 33.2 Å². The molecule has 1 aromatic carbocycles. The summed E-state index contributed by atoms with van der Waals surface area (Å²) in [6, 6.07) is 2.47. The van der Waals surface area contributed by atoms with Crippen LogP contribution in [0.3, 0.4) is 0 Å². The van der Waals surface area contributed by atoms with Crippen molar-refractivity contribution in [3.05, 3.63) is 52.8 Å². The zero-order valence-corrected chi connectivity index (χ0v) is 18.8. The topological polar surface area (TPSA) is 89.3 Å². The van der Waals surface area contributed by atoms with Crippen LogP contribution in [0.5, 0.6) is 5.75 Å². The van der Waals surface area contributed by atoms with Gasteiger partial charge in [0.2, 0.25) is 0 Å². The van der Waals surface area contributed by atoms with Crippen molar-refractivity contribution in [1.29, 1.82) is 0 Å². The molecule has 0 spiro atoms. The van der Waals surface area contributed by atoms with E-state index in [2.05, 4.69) is 24.8 Å². The summed E-state index contributed by atoms with van der Waals surface area (Å²) in [7, 11) is 0. The molecule has 180 valence electrons. The number of rotatable bonds is 7. The van der Waals surface area contributed by atoms with E-state index in [4.69, 9.17) is 23.2 Å². The van der Waals surface area contributed by atoms with Crippen LogP contribution in [-0.4, -0.2) is 61.3 Å². The molecule has 3 aromatic rings. The number of anilines is 1. The highest BCUT2D eigenvalue weighted by Crippen LogP contribution is 2.41. The van der Waals surface area contributed by atoms with E-state index in [9.17, 15) is 22.4 Å². The molecule has 0 aliphatic carbocycles. The number of hydrogen-bond donors (Lipinski definition) is 0. The Hall–Kier alpha value is -3.19. The zero-order valence-electron chi connectivity index (χ0n) is 17.2. The van der Waals surface area contributed by atoms with Gasteiger partial charge in [0, 0.05) is 31.5 Å². The Morgan fingerprint density at radius 2 is 1.79 bits per heavy atom. The second kappa shape index (κ2) is 9.22. The number of alkyl halides is 4. The van der Waals surface area contributed by atoms with Gasteiger partial charge in [0.05, 0.1) is 21.8 Å². The van der Waals surface area contributed by atoms with E-state index < -0.39 is 35.4 Å². The van der Waals surface area contributed by atoms with Gasteiger partial charge < -0.3 is 9.64 Å². The van der Waals surface area contributed by atoms with Crippen LogP contribution in [-0.2, 0) is 0 Å². The fourth-order valence-corrected chi connectivity index (χ4v) is 3.88. The standard InChI is InChI=1S/C19H15Cl2F4N7O2/c1-10(15-28-9-29-32(15)17-26-3-2-4-27-17)30-5-6-31(18(30)33)13-8-14(12(21)7-11(13)20)34-19(24,25)16(22)23/h2-4,7-10,16H,5-6H2,1H3. The van der Waals surface area contributed by atoms with Crippen LogP contribution in [0.25, 0.3) is 5.95 Å². The highest BCUT2D eigenvalue weighted by Gasteiger charge is 2.45. The van der Waals surface area contributed by atoms with E-state index in [0.29, 0.717) is 5.82 Å². The molecular formula is C19H15Cl2F4N7O2. The molecular weight excluding hydrogens is 505 g/mol. The molecule has 0 bridgehead atoms. The minimum atomic E-state index is -4.78. The summed E-state index contributed by atoms with van der Waals surface area (Å²) >= 11 is 12.0. The predicted molar refractivity (Wildman–Crippen MR) is 113 cm³/mol. The third-order valence-corrected chi connectivity index (χ3v) is 5.59. The summed E-state index contributed by atoms with van der Waals surface area (Å²) in [5, 5.41) is 3.64. The molecule has 1 aliphatic rings. The van der Waals surface area contributed by atoms with Crippen molar-refractivity contribution in [2.75, 3.05) is 18.0 Å². The minimum Gasteiger partial charge on any atom is -0.427 e. The Morgan fingerprint density at radius 1 is 1.09 bits per heavy atom. The van der Waals surface area contributed by atoms with Crippen LogP contribution in [0.15, 0.2) is 36.9 Å². The third kappa shape index (κ3) is 4.44. The molecule has 0 N–H and O–H groups in total. The van der Waals surface area contributed by atoms with Crippen molar-refractivity contribution in [2.45, 2.75) is 25.5 Å². The summed E-state index contributed by atoms with van der Waals surface area (Å²) in [6.07, 6.45) is -4.52. The number of aromatic nitrogens is 5. The van der Waals surface area contributed by atoms with Crippen molar-refractivity contribution >= 4 is 34.9 Å². The Labute approximate surface area is 199 Å². The number of urea groups is 1. The first-order valence-electron chi connectivity index (χ1n) is 9.69. The molecule has 1 atom stereocenters. The molecule has 0 radical (unpaired) electrons. The number of carbonyl (C=O) groups is 1. The van der Waals surface area contributed by atoms with Crippen molar-refractivity contribution in [3.8, 4) is 11.7 Å². The molecule has 34 heavy (non-hydrogen) atoms. The molecule has 1 aliphatic heterocycles. The van der Waals surface area contributed by atoms with Crippen LogP contribution >= 0.6 is 23.2 Å².